The van der Waals surface area contributed by atoms with E-state index in [1.807, 2.05) is 0 Å². The Labute approximate surface area is 242 Å². The van der Waals surface area contributed by atoms with Gasteiger partial charge in [-0.25, -0.2) is 4.98 Å². The Morgan fingerprint density at radius 2 is 1.85 bits per heavy atom. The molecule has 1 saturated heterocycles. The molecule has 2 N–H and O–H groups in total. The second-order valence-electron chi connectivity index (χ2n) is 9.23. The predicted octanol–water partition coefficient (Wildman–Crippen LogP) is 3.71. The molecular formula is C29H29Cl2N5O4. The molecule has 208 valence electrons. The number of hydrogen-bond acceptors (Lipinski definition) is 6. The lowest BCUT2D eigenvalue weighted by Crippen LogP contribution is -2.52. The van der Waals surface area contributed by atoms with Crippen molar-refractivity contribution in [3.8, 4) is 5.88 Å². The Morgan fingerprint density at radius 1 is 1.05 bits per heavy atom. The third-order valence-electron chi connectivity index (χ3n) is 6.20. The molecule has 3 amide bonds. The van der Waals surface area contributed by atoms with E-state index in [1.165, 1.54) is 12.3 Å². The maximum Gasteiger partial charge on any atom is 0.244 e. The van der Waals surface area contributed by atoms with Gasteiger partial charge in [-0.2, -0.15) is 0 Å². The van der Waals surface area contributed by atoms with Crippen LogP contribution >= 0.6 is 23.2 Å². The molecular weight excluding hydrogens is 553 g/mol. The summed E-state index contributed by atoms with van der Waals surface area (Å²) in [6.45, 7) is 0.731. The van der Waals surface area contributed by atoms with Gasteiger partial charge in [0.2, 0.25) is 23.6 Å². The van der Waals surface area contributed by atoms with Crippen molar-refractivity contribution >= 4 is 47.0 Å². The quantitative estimate of drug-likeness (QED) is 0.353. The third kappa shape index (κ3) is 9.07. The number of rotatable bonds is 10. The maximum absolute atomic E-state index is 13.1. The summed E-state index contributed by atoms with van der Waals surface area (Å²) >= 11 is 11.8. The number of pyridine rings is 2. The first-order valence-corrected chi connectivity index (χ1v) is 13.6. The number of aromatic nitrogens is 2. The predicted molar refractivity (Wildman–Crippen MR) is 153 cm³/mol. The van der Waals surface area contributed by atoms with Crippen molar-refractivity contribution in [3.63, 3.8) is 0 Å². The topological polar surface area (TPSA) is 114 Å². The number of ether oxygens (including phenoxy) is 1. The number of hydrogen-bond donors (Lipinski definition) is 2. The number of amides is 3. The van der Waals surface area contributed by atoms with Gasteiger partial charge < -0.3 is 20.3 Å². The van der Waals surface area contributed by atoms with Crippen LogP contribution in [0.25, 0.3) is 6.08 Å². The molecule has 2 atom stereocenters. The van der Waals surface area contributed by atoms with Crippen molar-refractivity contribution in [2.75, 3.05) is 19.6 Å². The van der Waals surface area contributed by atoms with Gasteiger partial charge >= 0.3 is 0 Å². The second kappa shape index (κ2) is 14.4. The van der Waals surface area contributed by atoms with Gasteiger partial charge in [-0.1, -0.05) is 41.4 Å². The van der Waals surface area contributed by atoms with Crippen LogP contribution in [0.3, 0.4) is 0 Å². The summed E-state index contributed by atoms with van der Waals surface area (Å²) in [6, 6.07) is 14.8. The number of likely N-dealkylation sites (tertiary alicyclic amines) is 1. The number of benzene rings is 1. The molecule has 2 aromatic heterocycles. The van der Waals surface area contributed by atoms with E-state index >= 15 is 0 Å². The Bertz CT molecular complexity index is 1320. The monoisotopic (exact) mass is 581 g/mol. The van der Waals surface area contributed by atoms with E-state index in [2.05, 4.69) is 20.6 Å². The minimum absolute atomic E-state index is 0.162. The van der Waals surface area contributed by atoms with Gasteiger partial charge in [-0.3, -0.25) is 19.4 Å². The van der Waals surface area contributed by atoms with E-state index in [4.69, 9.17) is 27.9 Å². The third-order valence-corrected chi connectivity index (χ3v) is 6.68. The standard InChI is InChI=1S/C29H29Cl2N5O4/c30-21-9-6-20(7-10-21)8-12-26(37)35-25(16-23-4-1-2-14-32-23)29(39)34-18-28(38)36-15-3-5-24(19-36)40-27-13-11-22(31)17-33-27/h1-2,4,6-14,17,24-25H,3,5,15-16,18-19H2,(H,34,39)(H,35,37)/t24?,25-/m0/s1. The van der Waals surface area contributed by atoms with E-state index in [0.717, 1.165) is 18.4 Å². The highest BCUT2D eigenvalue weighted by Crippen LogP contribution is 2.18. The van der Waals surface area contributed by atoms with Gasteiger partial charge in [0.05, 0.1) is 18.1 Å². The van der Waals surface area contributed by atoms with Crippen LogP contribution in [-0.4, -0.2) is 64.4 Å². The number of piperidine rings is 1. The van der Waals surface area contributed by atoms with Gasteiger partial charge in [0.25, 0.3) is 0 Å². The molecule has 3 aromatic rings. The summed E-state index contributed by atoms with van der Waals surface area (Å²) in [6.07, 6.45) is 7.57. The van der Waals surface area contributed by atoms with Gasteiger partial charge in [0.1, 0.15) is 12.1 Å². The van der Waals surface area contributed by atoms with Crippen molar-refractivity contribution in [2.24, 2.45) is 0 Å². The smallest absolute Gasteiger partial charge is 0.244 e. The van der Waals surface area contributed by atoms with Crippen molar-refractivity contribution in [2.45, 2.75) is 31.4 Å². The molecule has 1 aliphatic rings. The van der Waals surface area contributed by atoms with Crippen LogP contribution in [0.5, 0.6) is 5.88 Å². The molecule has 0 radical (unpaired) electrons. The Morgan fingerprint density at radius 3 is 2.58 bits per heavy atom. The highest BCUT2D eigenvalue weighted by Gasteiger charge is 2.27. The van der Waals surface area contributed by atoms with Crippen LogP contribution in [0.1, 0.15) is 24.1 Å². The van der Waals surface area contributed by atoms with Crippen LogP contribution in [0.4, 0.5) is 0 Å². The summed E-state index contributed by atoms with van der Waals surface area (Å²) in [7, 11) is 0. The summed E-state index contributed by atoms with van der Waals surface area (Å²) in [5.74, 6) is -0.738. The summed E-state index contributed by atoms with van der Waals surface area (Å²) in [5.41, 5.74) is 1.41. The SMILES string of the molecule is O=C(C=Cc1ccc(Cl)cc1)N[C@@H](Cc1ccccn1)C(=O)NCC(=O)N1CCCC(Oc2ccc(Cl)cn2)C1. The summed E-state index contributed by atoms with van der Waals surface area (Å²) < 4.78 is 5.91. The first kappa shape index (κ1) is 29.0. The van der Waals surface area contributed by atoms with Crippen molar-refractivity contribution in [1.29, 1.82) is 0 Å². The van der Waals surface area contributed by atoms with Gasteiger partial charge in [0.15, 0.2) is 0 Å². The van der Waals surface area contributed by atoms with Crippen LogP contribution in [0.15, 0.2) is 73.1 Å². The zero-order chi connectivity index (χ0) is 28.3. The minimum atomic E-state index is -0.932. The average Bonchev–Trinajstić information content (AvgIpc) is 2.97. The largest absolute Gasteiger partial charge is 0.472 e. The first-order chi connectivity index (χ1) is 19.4. The fraction of sp³-hybridized carbons (Fsp3) is 0.276. The summed E-state index contributed by atoms with van der Waals surface area (Å²) in [4.78, 5) is 48.8. The number of nitrogens with one attached hydrogen (secondary N) is 2. The molecule has 1 fully saturated rings. The molecule has 1 aliphatic heterocycles. The molecule has 0 spiro atoms. The number of carbonyl (C=O) groups excluding carboxylic acids is 3. The molecule has 40 heavy (non-hydrogen) atoms. The lowest BCUT2D eigenvalue weighted by atomic mass is 10.1. The molecule has 4 rings (SSSR count). The number of carbonyl (C=O) groups is 3. The van der Waals surface area contributed by atoms with Gasteiger partial charge in [-0.05, 0) is 54.8 Å². The number of halogens is 2. The molecule has 1 aromatic carbocycles. The molecule has 9 nitrogen and oxygen atoms in total. The molecule has 0 aliphatic carbocycles. The van der Waals surface area contributed by atoms with Crippen LogP contribution in [0.2, 0.25) is 10.0 Å². The fourth-order valence-electron chi connectivity index (χ4n) is 4.16. The Balaban J connectivity index is 1.33. The average molecular weight is 582 g/mol. The zero-order valence-electron chi connectivity index (χ0n) is 21.6. The molecule has 0 bridgehead atoms. The van der Waals surface area contributed by atoms with Gasteiger partial charge in [0, 0.05) is 48.2 Å². The maximum atomic E-state index is 13.1. The van der Waals surface area contributed by atoms with E-state index in [0.29, 0.717) is 34.7 Å². The van der Waals surface area contributed by atoms with Crippen LogP contribution in [-0.2, 0) is 20.8 Å². The highest BCUT2D eigenvalue weighted by atomic mass is 35.5. The van der Waals surface area contributed by atoms with Crippen molar-refractivity contribution in [1.82, 2.24) is 25.5 Å². The normalized spacial score (nSPS) is 15.8. The van der Waals surface area contributed by atoms with Crippen LogP contribution in [0, 0.1) is 0 Å². The van der Waals surface area contributed by atoms with E-state index < -0.39 is 17.9 Å². The Kier molecular flexibility index (Phi) is 10.5. The Hall–Kier alpha value is -3.95. The minimum Gasteiger partial charge on any atom is -0.472 e. The number of nitrogens with zero attached hydrogens (tertiary/aromatic N) is 3. The first-order valence-electron chi connectivity index (χ1n) is 12.8. The molecule has 11 heteroatoms. The molecule has 3 heterocycles. The lowest BCUT2D eigenvalue weighted by molar-refractivity contribution is -0.135. The van der Waals surface area contributed by atoms with Crippen LogP contribution < -0.4 is 15.4 Å². The molecule has 1 unspecified atom stereocenters. The van der Waals surface area contributed by atoms with E-state index in [9.17, 15) is 14.4 Å². The van der Waals surface area contributed by atoms with E-state index in [1.54, 1.807) is 71.8 Å². The lowest BCUT2D eigenvalue weighted by Gasteiger charge is -2.32. The van der Waals surface area contributed by atoms with Crippen molar-refractivity contribution in [3.05, 3.63) is 94.4 Å². The second-order valence-corrected chi connectivity index (χ2v) is 10.1. The van der Waals surface area contributed by atoms with Gasteiger partial charge in [-0.15, -0.1) is 0 Å². The van der Waals surface area contributed by atoms with Crippen molar-refractivity contribution < 1.29 is 19.1 Å². The summed E-state index contributed by atoms with van der Waals surface area (Å²) in [5, 5.41) is 6.51. The van der Waals surface area contributed by atoms with E-state index in [-0.39, 0.29) is 25.0 Å². The zero-order valence-corrected chi connectivity index (χ0v) is 23.1. The fourth-order valence-corrected chi connectivity index (χ4v) is 4.40. The highest BCUT2D eigenvalue weighted by molar-refractivity contribution is 6.30. The molecule has 0 saturated carbocycles.